The van der Waals surface area contributed by atoms with Gasteiger partial charge in [0.2, 0.25) is 0 Å². The maximum atomic E-state index is 12.7. The van der Waals surface area contributed by atoms with Crippen LogP contribution >= 0.6 is 0 Å². The van der Waals surface area contributed by atoms with Crippen LogP contribution in [0.25, 0.3) is 0 Å². The number of rotatable bonds is 8. The van der Waals surface area contributed by atoms with Crippen LogP contribution in [0.2, 0.25) is 0 Å². The summed E-state index contributed by atoms with van der Waals surface area (Å²) >= 11 is 0. The molecule has 0 radical (unpaired) electrons. The van der Waals surface area contributed by atoms with E-state index in [-0.39, 0.29) is 0 Å². The summed E-state index contributed by atoms with van der Waals surface area (Å²) in [6, 6.07) is 5.10. The average molecular weight is 343 g/mol. The van der Waals surface area contributed by atoms with E-state index in [0.29, 0.717) is 18.3 Å². The predicted molar refractivity (Wildman–Crippen MR) is 90.2 cm³/mol. The fraction of sp³-hybridized carbons (Fsp3) is 0.684. The van der Waals surface area contributed by atoms with E-state index in [9.17, 15) is 13.2 Å². The summed E-state index contributed by atoms with van der Waals surface area (Å²) in [5.41, 5.74) is -0.658. The van der Waals surface area contributed by atoms with Gasteiger partial charge in [-0.1, -0.05) is 19.4 Å². The van der Waals surface area contributed by atoms with Crippen LogP contribution in [0.15, 0.2) is 24.3 Å². The Hall–Kier alpha value is -1.23. The summed E-state index contributed by atoms with van der Waals surface area (Å²) in [6.45, 7) is 6.27. The average Bonchev–Trinajstić information content (AvgIpc) is 2.55. The van der Waals surface area contributed by atoms with E-state index >= 15 is 0 Å². The lowest BCUT2D eigenvalue weighted by molar-refractivity contribution is -0.137. The van der Waals surface area contributed by atoms with Gasteiger partial charge in [0.05, 0.1) is 12.2 Å². The monoisotopic (exact) mass is 343 g/mol. The number of piperidine rings is 1. The summed E-state index contributed by atoms with van der Waals surface area (Å²) in [7, 11) is 0. The minimum atomic E-state index is -4.32. The first-order chi connectivity index (χ1) is 11.4. The van der Waals surface area contributed by atoms with Crippen molar-refractivity contribution in [3.63, 3.8) is 0 Å². The maximum absolute atomic E-state index is 12.7. The highest BCUT2D eigenvalue weighted by Crippen LogP contribution is 2.31. The molecule has 1 unspecified atom stereocenters. The highest BCUT2D eigenvalue weighted by atomic mass is 19.4. The first-order valence-electron chi connectivity index (χ1n) is 8.97. The van der Waals surface area contributed by atoms with Crippen LogP contribution in [-0.4, -0.2) is 31.1 Å². The highest BCUT2D eigenvalue weighted by Gasteiger charge is 2.30. The Balaban J connectivity index is 1.62. The number of halogens is 3. The molecule has 1 fully saturated rings. The highest BCUT2D eigenvalue weighted by molar-refractivity contribution is 5.30. The molecular formula is C19H28F3NO. The Morgan fingerprint density at radius 3 is 2.58 bits per heavy atom. The lowest BCUT2D eigenvalue weighted by atomic mass is 10.0. The van der Waals surface area contributed by atoms with Gasteiger partial charge in [0, 0.05) is 0 Å². The first kappa shape index (κ1) is 19.1. The second-order valence-corrected chi connectivity index (χ2v) is 6.81. The molecule has 5 heteroatoms. The van der Waals surface area contributed by atoms with Gasteiger partial charge in [0.1, 0.15) is 5.75 Å². The fourth-order valence-electron chi connectivity index (χ4n) is 3.13. The van der Waals surface area contributed by atoms with E-state index in [4.69, 9.17) is 4.74 Å². The Kier molecular flexibility index (Phi) is 7.40. The lowest BCUT2D eigenvalue weighted by Crippen LogP contribution is -2.30. The fourth-order valence-corrected chi connectivity index (χ4v) is 3.13. The molecule has 136 valence electrons. The van der Waals surface area contributed by atoms with Crippen LogP contribution < -0.4 is 4.74 Å². The van der Waals surface area contributed by atoms with Gasteiger partial charge < -0.3 is 9.64 Å². The molecule has 0 spiro atoms. The van der Waals surface area contributed by atoms with Gasteiger partial charge >= 0.3 is 6.18 Å². The molecule has 1 aliphatic rings. The molecule has 0 saturated carbocycles. The van der Waals surface area contributed by atoms with Crippen molar-refractivity contribution in [2.24, 2.45) is 5.92 Å². The molecule has 1 aliphatic heterocycles. The zero-order valence-corrected chi connectivity index (χ0v) is 14.4. The van der Waals surface area contributed by atoms with Gasteiger partial charge in [0.15, 0.2) is 0 Å². The van der Waals surface area contributed by atoms with Gasteiger partial charge in [-0.3, -0.25) is 0 Å². The van der Waals surface area contributed by atoms with Crippen molar-refractivity contribution in [3.8, 4) is 5.75 Å². The molecule has 1 heterocycles. The van der Waals surface area contributed by atoms with E-state index in [1.54, 1.807) is 6.07 Å². The molecule has 24 heavy (non-hydrogen) atoms. The number of likely N-dealkylation sites (tertiary alicyclic amines) is 1. The predicted octanol–water partition coefficient (Wildman–Crippen LogP) is 5.38. The zero-order valence-electron chi connectivity index (χ0n) is 14.4. The number of alkyl halides is 3. The van der Waals surface area contributed by atoms with Crippen molar-refractivity contribution in [3.05, 3.63) is 29.8 Å². The summed E-state index contributed by atoms with van der Waals surface area (Å²) in [6.07, 6.45) is 2.88. The first-order valence-corrected chi connectivity index (χ1v) is 8.97. The third-order valence-electron chi connectivity index (χ3n) is 4.66. The van der Waals surface area contributed by atoms with Crippen molar-refractivity contribution in [2.45, 2.75) is 51.6 Å². The Labute approximate surface area is 143 Å². The summed E-state index contributed by atoms with van der Waals surface area (Å²) < 4.78 is 43.5. The normalized spacial score (nSPS) is 17.7. The Bertz CT molecular complexity index is 484. The molecule has 2 nitrogen and oxygen atoms in total. The van der Waals surface area contributed by atoms with Crippen molar-refractivity contribution in [2.75, 3.05) is 26.2 Å². The quantitative estimate of drug-likeness (QED) is 0.628. The largest absolute Gasteiger partial charge is 0.494 e. The van der Waals surface area contributed by atoms with Gasteiger partial charge in [-0.25, -0.2) is 0 Å². The molecule has 1 aromatic carbocycles. The molecule has 2 rings (SSSR count). The minimum absolute atomic E-state index is 0.297. The summed E-state index contributed by atoms with van der Waals surface area (Å²) in [4.78, 5) is 2.54. The van der Waals surface area contributed by atoms with Crippen LogP contribution in [-0.2, 0) is 6.18 Å². The second-order valence-electron chi connectivity index (χ2n) is 6.81. The van der Waals surface area contributed by atoms with E-state index < -0.39 is 11.7 Å². The topological polar surface area (TPSA) is 12.5 Å². The Morgan fingerprint density at radius 2 is 1.88 bits per heavy atom. The van der Waals surface area contributed by atoms with Crippen LogP contribution in [0.3, 0.4) is 0 Å². The van der Waals surface area contributed by atoms with Gasteiger partial charge in [-0.15, -0.1) is 0 Å². The Morgan fingerprint density at radius 1 is 1.12 bits per heavy atom. The SMILES string of the molecule is CC(CCCN1CCCCC1)CCOc1cccc(C(F)(F)F)c1. The van der Waals surface area contributed by atoms with Crippen LogP contribution in [0.1, 0.15) is 51.0 Å². The van der Waals surface area contributed by atoms with Crippen LogP contribution in [0, 0.1) is 5.92 Å². The van der Waals surface area contributed by atoms with Crippen LogP contribution in [0.5, 0.6) is 5.75 Å². The number of ether oxygens (including phenoxy) is 1. The minimum Gasteiger partial charge on any atom is -0.494 e. The molecular weight excluding hydrogens is 315 g/mol. The van der Waals surface area contributed by atoms with Crippen LogP contribution in [0.4, 0.5) is 13.2 Å². The van der Waals surface area contributed by atoms with Crippen molar-refractivity contribution in [1.29, 1.82) is 0 Å². The molecule has 0 amide bonds. The summed E-state index contributed by atoms with van der Waals surface area (Å²) in [5, 5.41) is 0. The lowest BCUT2D eigenvalue weighted by Gasteiger charge is -2.26. The molecule has 0 aromatic heterocycles. The molecule has 1 saturated heterocycles. The number of benzene rings is 1. The van der Waals surface area contributed by atoms with Crippen molar-refractivity contribution < 1.29 is 17.9 Å². The molecule has 0 bridgehead atoms. The molecule has 1 atom stereocenters. The molecule has 0 N–H and O–H groups in total. The second kappa shape index (κ2) is 9.30. The van der Waals surface area contributed by atoms with Gasteiger partial charge in [-0.05, 0) is 75.9 Å². The summed E-state index contributed by atoms with van der Waals surface area (Å²) in [5.74, 6) is 0.825. The van der Waals surface area contributed by atoms with E-state index in [0.717, 1.165) is 25.0 Å². The molecule has 1 aromatic rings. The number of nitrogens with zero attached hydrogens (tertiary/aromatic N) is 1. The zero-order chi connectivity index (χ0) is 17.4. The third kappa shape index (κ3) is 6.71. The number of hydrogen-bond acceptors (Lipinski definition) is 2. The maximum Gasteiger partial charge on any atom is 0.416 e. The third-order valence-corrected chi connectivity index (χ3v) is 4.66. The van der Waals surface area contributed by atoms with Gasteiger partial charge in [0.25, 0.3) is 0 Å². The van der Waals surface area contributed by atoms with E-state index in [1.807, 2.05) is 0 Å². The number of hydrogen-bond donors (Lipinski definition) is 0. The van der Waals surface area contributed by atoms with Gasteiger partial charge in [-0.2, -0.15) is 13.2 Å². The van der Waals surface area contributed by atoms with Crippen molar-refractivity contribution in [1.82, 2.24) is 4.90 Å². The van der Waals surface area contributed by atoms with E-state index in [1.165, 1.54) is 51.4 Å². The standard InChI is InChI=1S/C19H28F3NO/c1-16(7-6-13-23-11-3-2-4-12-23)10-14-24-18-9-5-8-17(15-18)19(20,21)22/h5,8-9,15-16H,2-4,6-7,10-14H2,1H3. The van der Waals surface area contributed by atoms with E-state index in [2.05, 4.69) is 11.8 Å². The smallest absolute Gasteiger partial charge is 0.416 e. The molecule has 0 aliphatic carbocycles. The van der Waals surface area contributed by atoms with Crippen molar-refractivity contribution >= 4 is 0 Å².